The van der Waals surface area contributed by atoms with Gasteiger partial charge in [-0.25, -0.2) is 4.68 Å². The maximum atomic E-state index is 10.6. The average Bonchev–Trinajstić information content (AvgIpc) is 2.65. The van der Waals surface area contributed by atoms with Crippen molar-refractivity contribution in [3.8, 4) is 11.4 Å². The lowest BCUT2D eigenvalue weighted by Crippen LogP contribution is -2.11. The molecule has 0 fully saturated rings. The Morgan fingerprint density at radius 1 is 1.50 bits per heavy atom. The molecule has 1 heterocycles. The molecule has 0 bridgehead atoms. The van der Waals surface area contributed by atoms with Gasteiger partial charge in [0.1, 0.15) is 6.54 Å². The molecule has 2 aromatic rings. The highest BCUT2D eigenvalue weighted by Crippen LogP contribution is 2.17. The number of benzene rings is 1. The van der Waals surface area contributed by atoms with Gasteiger partial charge in [0.05, 0.1) is 0 Å². The fraction of sp³-hybridized carbons (Fsp3) is 0.111. The van der Waals surface area contributed by atoms with Crippen LogP contribution >= 0.6 is 0 Å². The van der Waals surface area contributed by atoms with Gasteiger partial charge < -0.3 is 10.8 Å². The number of carboxylic acid groups (broad SMARTS) is 1. The minimum atomic E-state index is -1.00. The molecule has 0 amide bonds. The summed E-state index contributed by atoms with van der Waals surface area (Å²) in [7, 11) is 0. The summed E-state index contributed by atoms with van der Waals surface area (Å²) >= 11 is 0. The maximum Gasteiger partial charge on any atom is 0.325 e. The zero-order valence-corrected chi connectivity index (χ0v) is 8.24. The Morgan fingerprint density at radius 3 is 3.00 bits per heavy atom. The van der Waals surface area contributed by atoms with Crippen molar-refractivity contribution in [1.29, 1.82) is 0 Å². The molecule has 0 aliphatic rings. The molecule has 7 nitrogen and oxygen atoms in total. The largest absolute Gasteiger partial charge is 0.480 e. The number of rotatable bonds is 3. The number of carboxylic acids is 1. The van der Waals surface area contributed by atoms with E-state index in [1.807, 2.05) is 0 Å². The van der Waals surface area contributed by atoms with Crippen molar-refractivity contribution in [2.75, 3.05) is 5.73 Å². The van der Waals surface area contributed by atoms with Crippen LogP contribution in [0.2, 0.25) is 0 Å². The van der Waals surface area contributed by atoms with Gasteiger partial charge in [0.2, 0.25) is 0 Å². The van der Waals surface area contributed by atoms with Gasteiger partial charge in [-0.15, -0.1) is 5.10 Å². The normalized spacial score (nSPS) is 10.2. The van der Waals surface area contributed by atoms with Gasteiger partial charge in [-0.2, -0.15) is 0 Å². The van der Waals surface area contributed by atoms with Crippen LogP contribution in [0, 0.1) is 0 Å². The Hall–Kier alpha value is -2.44. The Balaban J connectivity index is 2.40. The molecule has 0 aliphatic carbocycles. The van der Waals surface area contributed by atoms with Crippen LogP contribution in [0.25, 0.3) is 11.4 Å². The van der Waals surface area contributed by atoms with Crippen molar-refractivity contribution < 1.29 is 9.90 Å². The van der Waals surface area contributed by atoms with E-state index in [9.17, 15) is 4.79 Å². The monoisotopic (exact) mass is 219 g/mol. The van der Waals surface area contributed by atoms with Crippen LogP contribution in [0.4, 0.5) is 5.69 Å². The van der Waals surface area contributed by atoms with Crippen LogP contribution < -0.4 is 5.73 Å². The van der Waals surface area contributed by atoms with Gasteiger partial charge >= 0.3 is 5.97 Å². The van der Waals surface area contributed by atoms with Crippen LogP contribution in [0.15, 0.2) is 24.3 Å². The summed E-state index contributed by atoms with van der Waals surface area (Å²) < 4.78 is 1.21. The number of nitrogen functional groups attached to an aromatic ring is 1. The SMILES string of the molecule is Nc1cccc(-c2nnnn2CC(=O)O)c1. The van der Waals surface area contributed by atoms with E-state index in [-0.39, 0.29) is 6.54 Å². The molecular weight excluding hydrogens is 210 g/mol. The zero-order chi connectivity index (χ0) is 11.5. The Kier molecular flexibility index (Phi) is 2.50. The maximum absolute atomic E-state index is 10.6. The Labute approximate surface area is 90.5 Å². The third kappa shape index (κ3) is 1.97. The third-order valence-corrected chi connectivity index (χ3v) is 1.96. The lowest BCUT2D eigenvalue weighted by atomic mass is 10.2. The van der Waals surface area contributed by atoms with E-state index in [2.05, 4.69) is 15.5 Å². The van der Waals surface area contributed by atoms with E-state index < -0.39 is 5.97 Å². The molecule has 0 spiro atoms. The van der Waals surface area contributed by atoms with E-state index in [0.29, 0.717) is 17.1 Å². The van der Waals surface area contributed by atoms with Crippen LogP contribution in [-0.4, -0.2) is 31.3 Å². The smallest absolute Gasteiger partial charge is 0.325 e. The lowest BCUT2D eigenvalue weighted by Gasteiger charge is -2.02. The zero-order valence-electron chi connectivity index (χ0n) is 8.24. The van der Waals surface area contributed by atoms with Crippen molar-refractivity contribution in [3.63, 3.8) is 0 Å². The average molecular weight is 219 g/mol. The summed E-state index contributed by atoms with van der Waals surface area (Å²) in [4.78, 5) is 10.6. The summed E-state index contributed by atoms with van der Waals surface area (Å²) in [6.45, 7) is -0.281. The second-order valence-corrected chi connectivity index (χ2v) is 3.18. The molecule has 82 valence electrons. The topological polar surface area (TPSA) is 107 Å². The van der Waals surface area contributed by atoms with E-state index in [0.717, 1.165) is 0 Å². The van der Waals surface area contributed by atoms with Gasteiger partial charge in [-0.1, -0.05) is 12.1 Å². The molecule has 0 aliphatic heterocycles. The van der Waals surface area contributed by atoms with Crippen molar-refractivity contribution in [3.05, 3.63) is 24.3 Å². The fourth-order valence-corrected chi connectivity index (χ4v) is 1.32. The number of aromatic nitrogens is 4. The molecule has 1 aromatic heterocycles. The predicted octanol–water partition coefficient (Wildman–Crippen LogP) is 0.00690. The van der Waals surface area contributed by atoms with E-state index in [1.54, 1.807) is 24.3 Å². The van der Waals surface area contributed by atoms with Crippen LogP contribution in [0.3, 0.4) is 0 Å². The van der Waals surface area contributed by atoms with E-state index >= 15 is 0 Å². The van der Waals surface area contributed by atoms with Crippen molar-refractivity contribution in [2.24, 2.45) is 0 Å². The first-order valence-corrected chi connectivity index (χ1v) is 4.50. The quantitative estimate of drug-likeness (QED) is 0.704. The number of carbonyl (C=O) groups is 1. The third-order valence-electron chi connectivity index (χ3n) is 1.96. The summed E-state index contributed by atoms with van der Waals surface area (Å²) in [5.41, 5.74) is 6.88. The second kappa shape index (κ2) is 3.97. The van der Waals surface area contributed by atoms with Gasteiger partial charge in [0.25, 0.3) is 0 Å². The van der Waals surface area contributed by atoms with Crippen molar-refractivity contribution in [2.45, 2.75) is 6.54 Å². The molecule has 2 rings (SSSR count). The number of nitrogens with zero attached hydrogens (tertiary/aromatic N) is 4. The van der Waals surface area contributed by atoms with Gasteiger partial charge in [0, 0.05) is 11.3 Å². The predicted molar refractivity (Wildman–Crippen MR) is 55.3 cm³/mol. The Bertz CT molecular complexity index is 522. The molecule has 7 heteroatoms. The lowest BCUT2D eigenvalue weighted by molar-refractivity contribution is -0.137. The highest BCUT2D eigenvalue weighted by Gasteiger charge is 2.11. The minimum absolute atomic E-state index is 0.281. The van der Waals surface area contributed by atoms with Crippen molar-refractivity contribution in [1.82, 2.24) is 20.2 Å². The molecule has 0 atom stereocenters. The summed E-state index contributed by atoms with van der Waals surface area (Å²) in [5.74, 6) is -0.618. The molecular formula is C9H9N5O2. The first kappa shape index (κ1) is 10.1. The first-order chi connectivity index (χ1) is 7.66. The molecule has 0 unspecified atom stereocenters. The highest BCUT2D eigenvalue weighted by atomic mass is 16.4. The molecule has 1 aromatic carbocycles. The number of tetrazole rings is 1. The summed E-state index contributed by atoms with van der Waals surface area (Å²) in [6.07, 6.45) is 0. The molecule has 0 radical (unpaired) electrons. The summed E-state index contributed by atoms with van der Waals surface area (Å²) in [6, 6.07) is 6.93. The van der Waals surface area contributed by atoms with E-state index in [1.165, 1.54) is 4.68 Å². The highest BCUT2D eigenvalue weighted by molar-refractivity contribution is 5.68. The number of aliphatic carboxylic acids is 1. The van der Waals surface area contributed by atoms with Crippen molar-refractivity contribution >= 4 is 11.7 Å². The number of hydrogen-bond donors (Lipinski definition) is 2. The summed E-state index contributed by atoms with van der Waals surface area (Å²) in [5, 5.41) is 19.5. The number of hydrogen-bond acceptors (Lipinski definition) is 5. The molecule has 16 heavy (non-hydrogen) atoms. The fourth-order valence-electron chi connectivity index (χ4n) is 1.32. The van der Waals surface area contributed by atoms with Crippen LogP contribution in [-0.2, 0) is 11.3 Å². The minimum Gasteiger partial charge on any atom is -0.480 e. The number of nitrogens with two attached hydrogens (primary N) is 1. The van der Waals surface area contributed by atoms with Gasteiger partial charge in [-0.05, 0) is 22.6 Å². The molecule has 0 saturated carbocycles. The second-order valence-electron chi connectivity index (χ2n) is 3.18. The van der Waals surface area contributed by atoms with Crippen LogP contribution in [0.5, 0.6) is 0 Å². The molecule has 0 saturated heterocycles. The van der Waals surface area contributed by atoms with Gasteiger partial charge in [-0.3, -0.25) is 4.79 Å². The standard InChI is InChI=1S/C9H9N5O2/c10-7-3-1-2-6(4-7)9-11-12-13-14(9)5-8(15)16/h1-4H,5,10H2,(H,15,16). The van der Waals surface area contributed by atoms with E-state index in [4.69, 9.17) is 10.8 Å². The molecule has 3 N–H and O–H groups in total. The van der Waals surface area contributed by atoms with Crippen LogP contribution in [0.1, 0.15) is 0 Å². The first-order valence-electron chi connectivity index (χ1n) is 4.50. The Morgan fingerprint density at radius 2 is 2.31 bits per heavy atom. The number of anilines is 1. The van der Waals surface area contributed by atoms with Gasteiger partial charge in [0.15, 0.2) is 5.82 Å².